The Morgan fingerprint density at radius 3 is 2.62 bits per heavy atom. The minimum atomic E-state index is -0.446. The van der Waals surface area contributed by atoms with Crippen LogP contribution >= 0.6 is 0 Å². The highest BCUT2D eigenvalue weighted by Gasteiger charge is 2.17. The summed E-state index contributed by atoms with van der Waals surface area (Å²) < 4.78 is 0. The minimum absolute atomic E-state index is 0.446. The second-order valence-corrected chi connectivity index (χ2v) is 2.66. The van der Waals surface area contributed by atoms with Crippen molar-refractivity contribution in [1.82, 2.24) is 4.98 Å². The maximum Gasteiger partial charge on any atom is 0.368 e. The molecule has 0 saturated heterocycles. The van der Waals surface area contributed by atoms with Crippen molar-refractivity contribution in [1.29, 1.82) is 0 Å². The fourth-order valence-corrected chi connectivity index (χ4v) is 1.14. The van der Waals surface area contributed by atoms with E-state index in [4.69, 9.17) is 0 Å². The average Bonchev–Trinajstić information content (AvgIpc) is 2.47. The predicted molar refractivity (Wildman–Crippen MR) is 49.3 cm³/mol. The zero-order valence-corrected chi connectivity index (χ0v) is 7.06. The molecule has 2 amide bonds. The van der Waals surface area contributed by atoms with Gasteiger partial charge >= 0.3 is 6.03 Å². The average molecular weight is 173 g/mol. The molecule has 64 valence electrons. The lowest BCUT2D eigenvalue weighted by atomic mass is 10.2. The van der Waals surface area contributed by atoms with Gasteiger partial charge in [0, 0.05) is 6.20 Å². The highest BCUT2D eigenvalue weighted by atomic mass is 16.2. The van der Waals surface area contributed by atoms with E-state index in [1.54, 1.807) is 19.2 Å². The first kappa shape index (κ1) is 7.79. The van der Waals surface area contributed by atoms with Crippen LogP contribution in [0.25, 0.3) is 0 Å². The molecular weight excluding hydrogens is 166 g/mol. The van der Waals surface area contributed by atoms with Gasteiger partial charge in [-0.1, -0.05) is 6.07 Å². The third-order valence-electron chi connectivity index (χ3n) is 1.72. The third kappa shape index (κ3) is 1.38. The van der Waals surface area contributed by atoms with E-state index in [-0.39, 0.29) is 0 Å². The van der Waals surface area contributed by atoms with Crippen molar-refractivity contribution in [2.75, 3.05) is 0 Å². The number of amides is 2. The van der Waals surface area contributed by atoms with Gasteiger partial charge < -0.3 is 0 Å². The number of carbonyl (C=O) groups excluding carboxylic acids is 1. The predicted octanol–water partition coefficient (Wildman–Crippen LogP) is 1.47. The molecule has 0 bridgehead atoms. The van der Waals surface area contributed by atoms with E-state index in [1.807, 2.05) is 12.1 Å². The van der Waals surface area contributed by atoms with Crippen LogP contribution in [0.4, 0.5) is 4.79 Å². The molecule has 4 heteroatoms. The number of urea groups is 1. The standard InChI is InChI=1S/C9H7N3O/c1-6-8(12-9(13)11-6)7-4-2-3-5-10-7/h2-5H,1H3. The smallest absolute Gasteiger partial charge is 0.255 e. The van der Waals surface area contributed by atoms with Crippen molar-refractivity contribution in [2.45, 2.75) is 6.92 Å². The highest BCUT2D eigenvalue weighted by Crippen LogP contribution is 2.06. The van der Waals surface area contributed by atoms with Crippen LogP contribution in [0.2, 0.25) is 0 Å². The SMILES string of the molecule is CC1=NC(=O)N=C1c1ccccn1. The highest BCUT2D eigenvalue weighted by molar-refractivity contribution is 6.51. The van der Waals surface area contributed by atoms with Crippen molar-refractivity contribution in [3.05, 3.63) is 30.1 Å². The van der Waals surface area contributed by atoms with Gasteiger partial charge in [-0.15, -0.1) is 0 Å². The van der Waals surface area contributed by atoms with Gasteiger partial charge in [0.2, 0.25) is 0 Å². The number of aromatic nitrogens is 1. The number of aliphatic imine (C=N–C) groups is 2. The molecule has 0 atom stereocenters. The van der Waals surface area contributed by atoms with Crippen LogP contribution in [-0.4, -0.2) is 22.4 Å². The molecule has 2 rings (SSSR count). The number of hydrogen-bond acceptors (Lipinski definition) is 2. The summed E-state index contributed by atoms with van der Waals surface area (Å²) in [6, 6.07) is 5.02. The second-order valence-electron chi connectivity index (χ2n) is 2.66. The maximum atomic E-state index is 10.8. The van der Waals surface area contributed by atoms with Gasteiger partial charge in [0.1, 0.15) is 5.71 Å². The third-order valence-corrected chi connectivity index (χ3v) is 1.72. The molecule has 1 aliphatic rings. The van der Waals surface area contributed by atoms with Crippen LogP contribution in [0, 0.1) is 0 Å². The van der Waals surface area contributed by atoms with Gasteiger partial charge in [-0.25, -0.2) is 4.79 Å². The zero-order chi connectivity index (χ0) is 9.26. The molecule has 0 N–H and O–H groups in total. The van der Waals surface area contributed by atoms with Gasteiger partial charge in [-0.05, 0) is 19.1 Å². The molecule has 0 aliphatic carbocycles. The van der Waals surface area contributed by atoms with E-state index in [0.717, 1.165) is 0 Å². The van der Waals surface area contributed by atoms with E-state index in [2.05, 4.69) is 15.0 Å². The molecule has 0 unspecified atom stereocenters. The zero-order valence-electron chi connectivity index (χ0n) is 7.06. The Hall–Kier alpha value is -1.84. The molecule has 2 heterocycles. The Labute approximate surface area is 75.1 Å². The molecule has 0 aromatic carbocycles. The Kier molecular flexibility index (Phi) is 1.73. The first-order chi connectivity index (χ1) is 6.27. The van der Waals surface area contributed by atoms with Gasteiger partial charge in [-0.3, -0.25) is 4.98 Å². The first-order valence-electron chi connectivity index (χ1n) is 3.87. The largest absolute Gasteiger partial charge is 0.368 e. The number of pyridine rings is 1. The van der Waals surface area contributed by atoms with Crippen LogP contribution in [0.3, 0.4) is 0 Å². The molecule has 0 saturated carbocycles. The van der Waals surface area contributed by atoms with Crippen molar-refractivity contribution in [3.8, 4) is 0 Å². The summed E-state index contributed by atoms with van der Waals surface area (Å²) in [5.41, 5.74) is 1.89. The van der Waals surface area contributed by atoms with E-state index in [9.17, 15) is 4.79 Å². The Bertz CT molecular complexity index is 406. The topological polar surface area (TPSA) is 54.7 Å². The molecule has 1 aliphatic heterocycles. The molecule has 1 aromatic rings. The summed E-state index contributed by atoms with van der Waals surface area (Å²) in [4.78, 5) is 22.3. The lowest BCUT2D eigenvalue weighted by Crippen LogP contribution is -2.09. The monoisotopic (exact) mass is 173 g/mol. The lowest BCUT2D eigenvalue weighted by Gasteiger charge is -1.96. The number of carbonyl (C=O) groups is 1. The van der Waals surface area contributed by atoms with Crippen LogP contribution in [0.15, 0.2) is 34.4 Å². The van der Waals surface area contributed by atoms with Crippen molar-refractivity contribution < 1.29 is 4.79 Å². The van der Waals surface area contributed by atoms with E-state index < -0.39 is 6.03 Å². The molecule has 4 nitrogen and oxygen atoms in total. The van der Waals surface area contributed by atoms with Crippen molar-refractivity contribution in [3.63, 3.8) is 0 Å². The van der Waals surface area contributed by atoms with Gasteiger partial charge in [0.25, 0.3) is 0 Å². The Balaban J connectivity index is 2.45. The summed E-state index contributed by atoms with van der Waals surface area (Å²) in [5.74, 6) is 0. The van der Waals surface area contributed by atoms with Crippen molar-refractivity contribution >= 4 is 17.5 Å². The molecule has 1 aromatic heterocycles. The number of rotatable bonds is 1. The Morgan fingerprint density at radius 2 is 2.08 bits per heavy atom. The van der Waals surface area contributed by atoms with Gasteiger partial charge in [0.15, 0.2) is 0 Å². The normalized spacial score (nSPS) is 15.6. The summed E-state index contributed by atoms with van der Waals surface area (Å²) in [6.45, 7) is 1.75. The lowest BCUT2D eigenvalue weighted by molar-refractivity contribution is 0.257. The summed E-state index contributed by atoms with van der Waals surface area (Å²) in [6.07, 6.45) is 1.66. The van der Waals surface area contributed by atoms with Gasteiger partial charge in [-0.2, -0.15) is 9.98 Å². The van der Waals surface area contributed by atoms with E-state index >= 15 is 0 Å². The molecule has 0 spiro atoms. The first-order valence-corrected chi connectivity index (χ1v) is 3.87. The quantitative estimate of drug-likeness (QED) is 0.645. The summed E-state index contributed by atoms with van der Waals surface area (Å²) in [7, 11) is 0. The van der Waals surface area contributed by atoms with Crippen LogP contribution in [-0.2, 0) is 0 Å². The molecule has 0 fully saturated rings. The van der Waals surface area contributed by atoms with Crippen LogP contribution < -0.4 is 0 Å². The van der Waals surface area contributed by atoms with E-state index in [0.29, 0.717) is 17.1 Å². The fourth-order valence-electron chi connectivity index (χ4n) is 1.14. The number of nitrogens with zero attached hydrogens (tertiary/aromatic N) is 3. The molecule has 0 radical (unpaired) electrons. The maximum absolute atomic E-state index is 10.8. The second kappa shape index (κ2) is 2.90. The molecule has 13 heavy (non-hydrogen) atoms. The Morgan fingerprint density at radius 1 is 1.23 bits per heavy atom. The summed E-state index contributed by atoms with van der Waals surface area (Å²) in [5, 5.41) is 0. The molecular formula is C9H7N3O. The fraction of sp³-hybridized carbons (Fsp3) is 0.111. The number of hydrogen-bond donors (Lipinski definition) is 0. The van der Waals surface area contributed by atoms with Gasteiger partial charge in [0.05, 0.1) is 11.4 Å². The van der Waals surface area contributed by atoms with Crippen molar-refractivity contribution in [2.24, 2.45) is 9.98 Å². The van der Waals surface area contributed by atoms with E-state index in [1.165, 1.54) is 0 Å². The summed E-state index contributed by atoms with van der Waals surface area (Å²) >= 11 is 0. The van der Waals surface area contributed by atoms with Crippen LogP contribution in [0.5, 0.6) is 0 Å². The van der Waals surface area contributed by atoms with Crippen LogP contribution in [0.1, 0.15) is 12.6 Å². The minimum Gasteiger partial charge on any atom is -0.255 e.